The molecule has 0 aliphatic carbocycles. The van der Waals surface area contributed by atoms with E-state index in [4.69, 9.17) is 4.42 Å². The molecule has 0 saturated carbocycles. The van der Waals surface area contributed by atoms with E-state index in [0.717, 1.165) is 21.2 Å². The lowest BCUT2D eigenvalue weighted by Crippen LogP contribution is -2.21. The van der Waals surface area contributed by atoms with Gasteiger partial charge in [0.15, 0.2) is 0 Å². The fraction of sp³-hybridized carbons (Fsp3) is 0.0667. The van der Waals surface area contributed by atoms with E-state index in [9.17, 15) is 4.79 Å². The van der Waals surface area contributed by atoms with Crippen LogP contribution in [0.15, 0.2) is 57.4 Å². The summed E-state index contributed by atoms with van der Waals surface area (Å²) >= 11 is 4.75. The third-order valence-electron chi connectivity index (χ3n) is 2.89. The number of pyridine rings is 1. The van der Waals surface area contributed by atoms with Crippen molar-refractivity contribution >= 4 is 33.2 Å². The molecule has 21 heavy (non-hydrogen) atoms. The van der Waals surface area contributed by atoms with Crippen LogP contribution in [0.4, 0.5) is 0 Å². The largest absolute Gasteiger partial charge is 0.472 e. The second-order valence-electron chi connectivity index (χ2n) is 4.41. The van der Waals surface area contributed by atoms with Gasteiger partial charge in [-0.15, -0.1) is 11.3 Å². The van der Waals surface area contributed by atoms with Crippen LogP contribution >= 0.6 is 27.3 Å². The Hall–Kier alpha value is -1.92. The van der Waals surface area contributed by atoms with E-state index in [1.807, 2.05) is 17.5 Å². The van der Waals surface area contributed by atoms with Gasteiger partial charge in [-0.3, -0.25) is 9.78 Å². The molecule has 0 unspecified atom stereocenters. The van der Waals surface area contributed by atoms with Gasteiger partial charge in [-0.2, -0.15) is 0 Å². The van der Waals surface area contributed by atoms with Crippen LogP contribution in [-0.4, -0.2) is 10.9 Å². The highest BCUT2D eigenvalue weighted by Crippen LogP contribution is 2.21. The molecule has 0 fully saturated rings. The van der Waals surface area contributed by atoms with E-state index in [1.165, 1.54) is 11.3 Å². The van der Waals surface area contributed by atoms with Crippen LogP contribution in [-0.2, 0) is 6.54 Å². The van der Waals surface area contributed by atoms with E-state index in [0.29, 0.717) is 11.4 Å². The predicted molar refractivity (Wildman–Crippen MR) is 85.1 cm³/mol. The van der Waals surface area contributed by atoms with Gasteiger partial charge in [0.2, 0.25) is 0 Å². The average molecular weight is 363 g/mol. The normalized spacial score (nSPS) is 10.5. The summed E-state index contributed by atoms with van der Waals surface area (Å²) in [6.45, 7) is 0.438. The Morgan fingerprint density at radius 2 is 2.24 bits per heavy atom. The molecule has 3 rings (SSSR count). The lowest BCUT2D eigenvalue weighted by atomic mass is 10.1. The summed E-state index contributed by atoms with van der Waals surface area (Å²) in [6, 6.07) is 5.67. The first-order valence-electron chi connectivity index (χ1n) is 6.21. The summed E-state index contributed by atoms with van der Waals surface area (Å²) < 4.78 is 5.98. The molecular formula is C15H11BrN2O2S. The molecule has 4 nitrogen and oxygen atoms in total. The van der Waals surface area contributed by atoms with Crippen LogP contribution in [0.1, 0.15) is 15.2 Å². The number of halogens is 1. The van der Waals surface area contributed by atoms with Gasteiger partial charge in [-0.1, -0.05) is 0 Å². The number of rotatable bonds is 4. The zero-order valence-electron chi connectivity index (χ0n) is 10.9. The molecule has 3 aromatic rings. The van der Waals surface area contributed by atoms with E-state index in [2.05, 4.69) is 26.2 Å². The molecule has 0 aromatic carbocycles. The number of hydrogen-bond donors (Lipinski definition) is 1. The number of carbonyl (C=O) groups is 1. The van der Waals surface area contributed by atoms with Gasteiger partial charge in [-0.05, 0) is 39.7 Å². The highest BCUT2D eigenvalue weighted by molar-refractivity contribution is 9.10. The number of furan rings is 1. The number of nitrogens with zero attached hydrogens (tertiary/aromatic N) is 1. The average Bonchev–Trinajstić information content (AvgIpc) is 3.16. The number of hydrogen-bond acceptors (Lipinski definition) is 4. The first-order valence-corrected chi connectivity index (χ1v) is 7.88. The van der Waals surface area contributed by atoms with E-state index in [1.54, 1.807) is 31.0 Å². The Morgan fingerprint density at radius 1 is 1.33 bits per heavy atom. The number of nitrogens with one attached hydrogen (secondary N) is 1. The van der Waals surface area contributed by atoms with Crippen molar-refractivity contribution in [3.8, 4) is 11.1 Å². The van der Waals surface area contributed by atoms with Gasteiger partial charge in [0, 0.05) is 39.9 Å². The van der Waals surface area contributed by atoms with Crippen LogP contribution in [0.2, 0.25) is 0 Å². The van der Waals surface area contributed by atoms with Crippen molar-refractivity contribution in [2.24, 2.45) is 0 Å². The molecule has 0 spiro atoms. The molecule has 0 aliphatic rings. The minimum Gasteiger partial charge on any atom is -0.472 e. The van der Waals surface area contributed by atoms with E-state index < -0.39 is 0 Å². The second kappa shape index (κ2) is 6.24. The van der Waals surface area contributed by atoms with Gasteiger partial charge in [-0.25, -0.2) is 0 Å². The highest BCUT2D eigenvalue weighted by Gasteiger charge is 2.08. The van der Waals surface area contributed by atoms with Crippen LogP contribution in [0.5, 0.6) is 0 Å². The quantitative estimate of drug-likeness (QED) is 0.760. The number of amides is 1. The maximum absolute atomic E-state index is 12.0. The fourth-order valence-electron chi connectivity index (χ4n) is 1.87. The molecule has 0 aliphatic heterocycles. The maximum atomic E-state index is 12.0. The maximum Gasteiger partial charge on any atom is 0.261 e. The number of thiophene rings is 1. The third kappa shape index (κ3) is 3.40. The van der Waals surface area contributed by atoms with Crippen molar-refractivity contribution in [1.29, 1.82) is 0 Å². The molecule has 0 atom stereocenters. The molecule has 6 heteroatoms. The monoisotopic (exact) mass is 362 g/mol. The van der Waals surface area contributed by atoms with Crippen molar-refractivity contribution < 1.29 is 9.21 Å². The third-order valence-corrected chi connectivity index (χ3v) is 4.58. The first-order chi connectivity index (χ1) is 10.2. The summed E-state index contributed by atoms with van der Waals surface area (Å²) in [4.78, 5) is 16.9. The second-order valence-corrected chi connectivity index (χ2v) is 6.23. The Labute approximate surface area is 134 Å². The predicted octanol–water partition coefficient (Wildman–Crippen LogP) is 4.10. The van der Waals surface area contributed by atoms with E-state index >= 15 is 0 Å². The van der Waals surface area contributed by atoms with Crippen LogP contribution in [0.25, 0.3) is 11.1 Å². The van der Waals surface area contributed by atoms with Crippen molar-refractivity contribution in [3.05, 3.63) is 63.4 Å². The summed E-state index contributed by atoms with van der Waals surface area (Å²) in [5, 5.41) is 4.77. The lowest BCUT2D eigenvalue weighted by Gasteiger charge is -2.05. The molecule has 106 valence electrons. The summed E-state index contributed by atoms with van der Waals surface area (Å²) in [6.07, 6.45) is 6.81. The molecule has 1 N–H and O–H groups in total. The Balaban J connectivity index is 1.68. The SMILES string of the molecule is O=C(NCc1cncc(-c2ccoc2)c1)c1cc(Br)cs1. The Morgan fingerprint density at radius 3 is 2.95 bits per heavy atom. The minimum atomic E-state index is -0.0839. The fourth-order valence-corrected chi connectivity index (χ4v) is 3.22. The highest BCUT2D eigenvalue weighted by atomic mass is 79.9. The van der Waals surface area contributed by atoms with Gasteiger partial charge >= 0.3 is 0 Å². The molecule has 3 aromatic heterocycles. The molecule has 1 amide bonds. The standard InChI is InChI=1S/C15H11BrN2O2S/c16-13-4-14(21-9-13)15(19)18-6-10-3-12(7-17-5-10)11-1-2-20-8-11/h1-5,7-9H,6H2,(H,18,19). The molecule has 0 saturated heterocycles. The van der Waals surface area contributed by atoms with Crippen molar-refractivity contribution in [3.63, 3.8) is 0 Å². The van der Waals surface area contributed by atoms with Gasteiger partial charge in [0.1, 0.15) is 0 Å². The van der Waals surface area contributed by atoms with E-state index in [-0.39, 0.29) is 5.91 Å². The van der Waals surface area contributed by atoms with Crippen LogP contribution in [0.3, 0.4) is 0 Å². The summed E-state index contributed by atoms with van der Waals surface area (Å²) in [5.41, 5.74) is 2.88. The first kappa shape index (κ1) is 14.0. The smallest absolute Gasteiger partial charge is 0.261 e. The number of carbonyl (C=O) groups excluding carboxylic acids is 1. The van der Waals surface area contributed by atoms with Crippen molar-refractivity contribution in [1.82, 2.24) is 10.3 Å². The van der Waals surface area contributed by atoms with Gasteiger partial charge in [0.25, 0.3) is 5.91 Å². The van der Waals surface area contributed by atoms with Gasteiger partial charge in [0.05, 0.1) is 17.4 Å². The van der Waals surface area contributed by atoms with Crippen molar-refractivity contribution in [2.75, 3.05) is 0 Å². The summed E-state index contributed by atoms with van der Waals surface area (Å²) in [7, 11) is 0. The molecule has 3 heterocycles. The summed E-state index contributed by atoms with van der Waals surface area (Å²) in [5.74, 6) is -0.0839. The Bertz CT molecular complexity index is 753. The lowest BCUT2D eigenvalue weighted by molar-refractivity contribution is 0.0955. The van der Waals surface area contributed by atoms with Crippen molar-refractivity contribution in [2.45, 2.75) is 6.54 Å². The minimum absolute atomic E-state index is 0.0839. The molecular weight excluding hydrogens is 352 g/mol. The Kier molecular flexibility index (Phi) is 4.17. The van der Waals surface area contributed by atoms with Crippen LogP contribution in [0, 0.1) is 0 Å². The molecule has 0 bridgehead atoms. The van der Waals surface area contributed by atoms with Gasteiger partial charge < -0.3 is 9.73 Å². The topological polar surface area (TPSA) is 55.1 Å². The zero-order valence-corrected chi connectivity index (χ0v) is 13.3. The van der Waals surface area contributed by atoms with Crippen LogP contribution < -0.4 is 5.32 Å². The zero-order chi connectivity index (χ0) is 14.7. The number of aromatic nitrogens is 1. The molecule has 0 radical (unpaired) electrons.